The molecule has 9 nitrogen and oxygen atoms in total. The van der Waals surface area contributed by atoms with Crippen LogP contribution in [-0.2, 0) is 11.3 Å². The molecule has 0 aliphatic heterocycles. The molecule has 0 aliphatic rings. The summed E-state index contributed by atoms with van der Waals surface area (Å²) in [6.07, 6.45) is 0. The average molecular weight is 432 g/mol. The summed E-state index contributed by atoms with van der Waals surface area (Å²) in [7, 11) is 3.11. The quantitative estimate of drug-likeness (QED) is 0.338. The molecule has 0 saturated carbocycles. The third-order valence-corrected chi connectivity index (χ3v) is 5.17. The average Bonchev–Trinajstić information content (AvgIpc) is 3.12. The molecule has 0 spiro atoms. The fraction of sp³-hybridized carbons (Fsp3) is 0.130. The van der Waals surface area contributed by atoms with E-state index in [1.165, 1.54) is 28.7 Å². The largest absolute Gasteiger partial charge is 0.495 e. The second-order valence-electron chi connectivity index (χ2n) is 7.07. The summed E-state index contributed by atoms with van der Waals surface area (Å²) in [6.45, 7) is -0.251. The highest BCUT2D eigenvalue weighted by Crippen LogP contribution is 2.28. The molecular formula is C23H19N3O6. The van der Waals surface area contributed by atoms with Crippen LogP contribution in [0.3, 0.4) is 0 Å². The number of anilines is 1. The van der Waals surface area contributed by atoms with E-state index in [1.54, 1.807) is 61.6 Å². The Morgan fingerprint density at radius 1 is 1.09 bits per heavy atom. The highest BCUT2D eigenvalue weighted by molar-refractivity contribution is 5.95. The zero-order valence-electron chi connectivity index (χ0n) is 17.3. The van der Waals surface area contributed by atoms with Crippen molar-refractivity contribution in [2.75, 3.05) is 19.1 Å². The maximum atomic E-state index is 12.9. The van der Waals surface area contributed by atoms with Crippen LogP contribution in [0.25, 0.3) is 22.2 Å². The normalized spacial score (nSPS) is 10.8. The van der Waals surface area contributed by atoms with Gasteiger partial charge in [-0.2, -0.15) is 0 Å². The van der Waals surface area contributed by atoms with Crippen LogP contribution in [0.1, 0.15) is 0 Å². The van der Waals surface area contributed by atoms with Gasteiger partial charge < -0.3 is 14.1 Å². The van der Waals surface area contributed by atoms with Crippen molar-refractivity contribution < 1.29 is 18.9 Å². The number of nitro benzene ring substituents is 1. The van der Waals surface area contributed by atoms with E-state index in [0.717, 1.165) is 0 Å². The zero-order valence-corrected chi connectivity index (χ0v) is 17.3. The van der Waals surface area contributed by atoms with Crippen molar-refractivity contribution in [3.8, 4) is 16.9 Å². The number of ether oxygens (including phenoxy) is 1. The molecular weight excluding hydrogens is 413 g/mol. The Kier molecular flexibility index (Phi) is 5.46. The molecule has 0 radical (unpaired) electrons. The van der Waals surface area contributed by atoms with Gasteiger partial charge in [0, 0.05) is 19.2 Å². The van der Waals surface area contributed by atoms with Crippen molar-refractivity contribution in [3.63, 3.8) is 0 Å². The third-order valence-electron chi connectivity index (χ3n) is 5.17. The van der Waals surface area contributed by atoms with Crippen molar-refractivity contribution in [3.05, 3.63) is 87.4 Å². The molecule has 4 rings (SSSR count). The lowest BCUT2D eigenvalue weighted by atomic mass is 10.0. The lowest BCUT2D eigenvalue weighted by Crippen LogP contribution is -2.32. The van der Waals surface area contributed by atoms with Crippen molar-refractivity contribution in [2.24, 2.45) is 0 Å². The molecule has 1 amide bonds. The van der Waals surface area contributed by atoms with Gasteiger partial charge in [-0.05, 0) is 35.4 Å². The van der Waals surface area contributed by atoms with Gasteiger partial charge >= 0.3 is 5.76 Å². The van der Waals surface area contributed by atoms with Gasteiger partial charge in [-0.25, -0.2) is 4.79 Å². The molecule has 9 heteroatoms. The summed E-state index contributed by atoms with van der Waals surface area (Å²) >= 11 is 0. The van der Waals surface area contributed by atoms with Crippen LogP contribution in [0.5, 0.6) is 5.75 Å². The minimum atomic E-state index is -0.669. The summed E-state index contributed by atoms with van der Waals surface area (Å²) in [5.41, 5.74) is 2.52. The number of methoxy groups -OCH3 is 1. The Morgan fingerprint density at radius 3 is 2.59 bits per heavy atom. The number of hydrogen-bond acceptors (Lipinski definition) is 6. The van der Waals surface area contributed by atoms with E-state index in [2.05, 4.69) is 0 Å². The SMILES string of the molecule is CN(C(=O)Cn1c(=O)oc2ccc(-c3cccc([N+](=O)[O-])c3)cc21)c1ccccc1O[11CH3]. The van der Waals surface area contributed by atoms with Crippen LogP contribution in [0.4, 0.5) is 11.4 Å². The fourth-order valence-electron chi connectivity index (χ4n) is 3.47. The van der Waals surface area contributed by atoms with Crippen LogP contribution in [0.15, 0.2) is 75.9 Å². The number of fused-ring (bicyclic) bond motifs is 1. The van der Waals surface area contributed by atoms with E-state index in [-0.39, 0.29) is 18.1 Å². The van der Waals surface area contributed by atoms with Crippen LogP contribution < -0.4 is 15.4 Å². The Balaban J connectivity index is 1.70. The first-order chi connectivity index (χ1) is 15.4. The summed E-state index contributed by atoms with van der Waals surface area (Å²) < 4.78 is 11.8. The highest BCUT2D eigenvalue weighted by atomic mass is 16.6. The Hall–Kier alpha value is -4.40. The van der Waals surface area contributed by atoms with E-state index in [4.69, 9.17) is 9.15 Å². The maximum Gasteiger partial charge on any atom is 0.420 e. The molecule has 162 valence electrons. The second kappa shape index (κ2) is 8.38. The van der Waals surface area contributed by atoms with Crippen molar-refractivity contribution in [1.29, 1.82) is 0 Å². The first-order valence-corrected chi connectivity index (χ1v) is 9.67. The second-order valence-corrected chi connectivity index (χ2v) is 7.07. The molecule has 1 heterocycles. The van der Waals surface area contributed by atoms with Crippen LogP contribution >= 0.6 is 0 Å². The van der Waals surface area contributed by atoms with E-state index >= 15 is 0 Å². The van der Waals surface area contributed by atoms with Gasteiger partial charge in [0.1, 0.15) is 12.3 Å². The van der Waals surface area contributed by atoms with Gasteiger partial charge in [0.05, 0.1) is 23.2 Å². The van der Waals surface area contributed by atoms with E-state index in [1.807, 2.05) is 0 Å². The fourth-order valence-corrected chi connectivity index (χ4v) is 3.47. The number of aromatic nitrogens is 1. The number of likely N-dealkylation sites (N-methyl/N-ethyl adjacent to an activating group) is 1. The van der Waals surface area contributed by atoms with Gasteiger partial charge in [0.15, 0.2) is 5.58 Å². The smallest absolute Gasteiger partial charge is 0.420 e. The minimum Gasteiger partial charge on any atom is -0.495 e. The minimum absolute atomic E-state index is 0.0409. The Labute approximate surface area is 182 Å². The number of nitro groups is 1. The Bertz CT molecular complexity index is 1390. The first-order valence-electron chi connectivity index (χ1n) is 9.67. The highest BCUT2D eigenvalue weighted by Gasteiger charge is 2.19. The monoisotopic (exact) mass is 432 g/mol. The van der Waals surface area contributed by atoms with Gasteiger partial charge in [-0.1, -0.05) is 30.3 Å². The van der Waals surface area contributed by atoms with Gasteiger partial charge in [0.2, 0.25) is 5.91 Å². The number of carbonyl (C=O) groups is 1. The van der Waals surface area contributed by atoms with Crippen LogP contribution in [0, 0.1) is 10.1 Å². The number of rotatable bonds is 6. The molecule has 0 N–H and O–H groups in total. The zero-order chi connectivity index (χ0) is 22.8. The standard InChI is InChI=1S/C23H19N3O6/c1-24(18-8-3-4-9-20(18)31-2)22(27)14-25-19-13-16(10-11-21(19)32-23(25)28)15-6-5-7-17(12-15)26(29)30/h3-13H,14H2,1-2H3/i2-1. The van der Waals surface area contributed by atoms with Crippen molar-refractivity contribution in [1.82, 2.24) is 4.57 Å². The lowest BCUT2D eigenvalue weighted by molar-refractivity contribution is -0.384. The number of oxazole rings is 1. The first kappa shape index (κ1) is 20.9. The molecule has 4 aromatic rings. The van der Waals surface area contributed by atoms with E-state index in [0.29, 0.717) is 33.7 Å². The maximum absolute atomic E-state index is 12.9. The number of amides is 1. The predicted molar refractivity (Wildman–Crippen MR) is 119 cm³/mol. The summed E-state index contributed by atoms with van der Waals surface area (Å²) in [4.78, 5) is 37.4. The number of hydrogen-bond donors (Lipinski definition) is 0. The number of nitrogens with zero attached hydrogens (tertiary/aromatic N) is 3. The molecule has 0 fully saturated rings. The van der Waals surface area contributed by atoms with E-state index in [9.17, 15) is 19.7 Å². The van der Waals surface area contributed by atoms with Crippen molar-refractivity contribution >= 4 is 28.4 Å². The van der Waals surface area contributed by atoms with Crippen molar-refractivity contribution in [2.45, 2.75) is 6.54 Å². The molecule has 32 heavy (non-hydrogen) atoms. The van der Waals surface area contributed by atoms with Crippen LogP contribution in [-0.4, -0.2) is 29.6 Å². The molecule has 0 aliphatic carbocycles. The van der Waals surface area contributed by atoms with Gasteiger partial charge in [-0.15, -0.1) is 0 Å². The predicted octanol–water partition coefficient (Wildman–Crippen LogP) is 3.84. The summed E-state index contributed by atoms with van der Waals surface area (Å²) in [5.74, 6) is -0.487. The molecule has 0 atom stereocenters. The molecule has 3 aromatic carbocycles. The van der Waals surface area contributed by atoms with Gasteiger partial charge in [-0.3, -0.25) is 19.5 Å². The molecule has 0 unspecified atom stereocenters. The number of benzene rings is 3. The number of non-ortho nitro benzene ring substituents is 1. The number of para-hydroxylation sites is 2. The molecule has 1 aromatic heterocycles. The van der Waals surface area contributed by atoms with Gasteiger partial charge in [0.25, 0.3) is 5.69 Å². The summed E-state index contributed by atoms with van der Waals surface area (Å²) in [6, 6.07) is 18.2. The number of carbonyl (C=O) groups excluding carboxylic acids is 1. The van der Waals surface area contributed by atoms with Crippen LogP contribution in [0.2, 0.25) is 0 Å². The lowest BCUT2D eigenvalue weighted by Gasteiger charge is -2.20. The summed E-state index contributed by atoms with van der Waals surface area (Å²) in [5, 5.41) is 11.1. The topological polar surface area (TPSA) is 108 Å². The molecule has 0 saturated heterocycles. The third kappa shape index (κ3) is 3.83. The van der Waals surface area contributed by atoms with E-state index < -0.39 is 10.7 Å². The molecule has 0 bridgehead atoms. The Morgan fingerprint density at radius 2 is 1.84 bits per heavy atom.